The number of nitrogens with zero attached hydrogens (tertiary/aromatic N) is 1. The van der Waals surface area contributed by atoms with Gasteiger partial charge in [0.15, 0.2) is 0 Å². The summed E-state index contributed by atoms with van der Waals surface area (Å²) in [4.78, 5) is 14.6. The second-order valence-corrected chi connectivity index (χ2v) is 3.61. The van der Waals surface area contributed by atoms with Crippen LogP contribution in [0, 0.1) is 0 Å². The van der Waals surface area contributed by atoms with Crippen LogP contribution in [0.25, 0.3) is 0 Å². The summed E-state index contributed by atoms with van der Waals surface area (Å²) in [6.45, 7) is 0. The van der Waals surface area contributed by atoms with E-state index in [1.54, 1.807) is 0 Å². The van der Waals surface area contributed by atoms with Gasteiger partial charge >= 0.3 is 5.97 Å². The third-order valence-electron chi connectivity index (χ3n) is 1.73. The Morgan fingerprint density at radius 2 is 2.33 bits per heavy atom. The summed E-state index contributed by atoms with van der Waals surface area (Å²) in [6, 6.07) is 1.39. The van der Waals surface area contributed by atoms with Gasteiger partial charge < -0.3 is 4.74 Å². The fraction of sp³-hybridized carbons (Fsp3) is 0.333. The Labute approximate surface area is 93.6 Å². The molecule has 0 spiro atoms. The van der Waals surface area contributed by atoms with Crippen molar-refractivity contribution in [3.05, 3.63) is 28.0 Å². The summed E-state index contributed by atoms with van der Waals surface area (Å²) >= 11 is 2.99. The standard InChI is InChI=1S/C9H8BrF2NO2/c1-15-8(14)3-5-2-7(10)6(4-13-5)9(11)12/h2,4,9H,3H2,1H3. The summed E-state index contributed by atoms with van der Waals surface area (Å²) < 4.78 is 29.3. The molecule has 0 amide bonds. The molecule has 82 valence electrons. The first-order valence-corrected chi connectivity index (χ1v) is 4.83. The van der Waals surface area contributed by atoms with Gasteiger partial charge in [-0.25, -0.2) is 8.78 Å². The molecule has 1 rings (SSSR count). The number of ether oxygens (including phenoxy) is 1. The molecule has 0 bridgehead atoms. The first kappa shape index (κ1) is 12.0. The van der Waals surface area contributed by atoms with Gasteiger partial charge in [0.2, 0.25) is 0 Å². The van der Waals surface area contributed by atoms with Gasteiger partial charge in [-0.05, 0) is 6.07 Å². The van der Waals surface area contributed by atoms with E-state index in [1.165, 1.54) is 13.2 Å². The molecule has 0 aromatic carbocycles. The maximum Gasteiger partial charge on any atom is 0.311 e. The maximum atomic E-state index is 12.3. The highest BCUT2D eigenvalue weighted by atomic mass is 79.9. The highest BCUT2D eigenvalue weighted by Crippen LogP contribution is 2.26. The van der Waals surface area contributed by atoms with Crippen molar-refractivity contribution in [2.24, 2.45) is 0 Å². The Morgan fingerprint density at radius 1 is 1.67 bits per heavy atom. The minimum atomic E-state index is -2.58. The number of carbonyl (C=O) groups excluding carboxylic acids is 1. The van der Waals surface area contributed by atoms with Crippen molar-refractivity contribution in [3.63, 3.8) is 0 Å². The van der Waals surface area contributed by atoms with Gasteiger partial charge in [0.1, 0.15) is 0 Å². The lowest BCUT2D eigenvalue weighted by molar-refractivity contribution is -0.139. The van der Waals surface area contributed by atoms with Crippen molar-refractivity contribution >= 4 is 21.9 Å². The number of hydrogen-bond donors (Lipinski definition) is 0. The highest BCUT2D eigenvalue weighted by Gasteiger charge is 2.13. The lowest BCUT2D eigenvalue weighted by Gasteiger charge is -2.04. The molecule has 0 aliphatic rings. The van der Waals surface area contributed by atoms with E-state index in [-0.39, 0.29) is 16.5 Å². The number of carbonyl (C=O) groups is 1. The average molecular weight is 280 g/mol. The quantitative estimate of drug-likeness (QED) is 0.798. The molecule has 0 N–H and O–H groups in total. The van der Waals surface area contributed by atoms with Crippen molar-refractivity contribution in [1.29, 1.82) is 0 Å². The van der Waals surface area contributed by atoms with E-state index in [2.05, 4.69) is 25.7 Å². The molecule has 0 saturated heterocycles. The topological polar surface area (TPSA) is 39.2 Å². The Bertz CT molecular complexity index is 371. The summed E-state index contributed by atoms with van der Waals surface area (Å²) in [7, 11) is 1.25. The SMILES string of the molecule is COC(=O)Cc1cc(Br)c(C(F)F)cn1. The molecule has 0 aliphatic heterocycles. The number of halogens is 3. The van der Waals surface area contributed by atoms with Crippen molar-refractivity contribution in [1.82, 2.24) is 4.98 Å². The zero-order valence-electron chi connectivity index (χ0n) is 7.84. The van der Waals surface area contributed by atoms with Crippen molar-refractivity contribution < 1.29 is 18.3 Å². The van der Waals surface area contributed by atoms with Crippen LogP contribution in [0.3, 0.4) is 0 Å². The number of aromatic nitrogens is 1. The molecule has 0 saturated carbocycles. The van der Waals surface area contributed by atoms with Crippen LogP contribution in [0.4, 0.5) is 8.78 Å². The van der Waals surface area contributed by atoms with Crippen LogP contribution >= 0.6 is 15.9 Å². The average Bonchev–Trinajstić information content (AvgIpc) is 2.17. The van der Waals surface area contributed by atoms with Crippen molar-refractivity contribution in [2.75, 3.05) is 7.11 Å². The predicted octanol–water partition coefficient (Wildman–Crippen LogP) is 2.50. The zero-order valence-corrected chi connectivity index (χ0v) is 9.42. The van der Waals surface area contributed by atoms with E-state index in [4.69, 9.17) is 0 Å². The van der Waals surface area contributed by atoms with Crippen LogP contribution in [0.2, 0.25) is 0 Å². The number of rotatable bonds is 3. The molecule has 0 aliphatic carbocycles. The van der Waals surface area contributed by atoms with Gasteiger partial charge in [-0.1, -0.05) is 15.9 Å². The number of alkyl halides is 2. The third kappa shape index (κ3) is 3.23. The minimum Gasteiger partial charge on any atom is -0.469 e. The Balaban J connectivity index is 2.87. The number of pyridine rings is 1. The van der Waals surface area contributed by atoms with Crippen LogP contribution in [0.1, 0.15) is 17.7 Å². The molecule has 6 heteroatoms. The molecule has 1 heterocycles. The van der Waals surface area contributed by atoms with Gasteiger partial charge in [-0.2, -0.15) is 0 Å². The van der Waals surface area contributed by atoms with Crippen molar-refractivity contribution in [3.8, 4) is 0 Å². The predicted molar refractivity (Wildman–Crippen MR) is 52.6 cm³/mol. The Kier molecular flexibility index (Phi) is 4.14. The molecule has 1 aromatic heterocycles. The summed E-state index contributed by atoms with van der Waals surface area (Å²) in [6.07, 6.45) is -1.56. The van der Waals surface area contributed by atoms with Crippen LogP contribution < -0.4 is 0 Å². The number of esters is 1. The minimum absolute atomic E-state index is 0.0291. The Morgan fingerprint density at radius 3 is 2.80 bits per heavy atom. The van der Waals surface area contributed by atoms with Crippen LogP contribution in [-0.2, 0) is 16.0 Å². The fourth-order valence-electron chi connectivity index (χ4n) is 0.958. The van der Waals surface area contributed by atoms with Gasteiger partial charge in [0, 0.05) is 10.7 Å². The molecule has 3 nitrogen and oxygen atoms in total. The van der Waals surface area contributed by atoms with Gasteiger partial charge in [-0.15, -0.1) is 0 Å². The number of hydrogen-bond acceptors (Lipinski definition) is 3. The second-order valence-electron chi connectivity index (χ2n) is 2.75. The van der Waals surface area contributed by atoms with E-state index < -0.39 is 12.4 Å². The van der Waals surface area contributed by atoms with Crippen LogP contribution in [0.5, 0.6) is 0 Å². The van der Waals surface area contributed by atoms with E-state index in [0.29, 0.717) is 5.69 Å². The maximum absolute atomic E-state index is 12.3. The summed E-state index contributed by atoms with van der Waals surface area (Å²) in [5.41, 5.74) is 0.196. The normalized spacial score (nSPS) is 10.5. The molecule has 0 fully saturated rings. The molecular formula is C9H8BrF2NO2. The van der Waals surface area contributed by atoms with Crippen LogP contribution in [-0.4, -0.2) is 18.1 Å². The van der Waals surface area contributed by atoms with E-state index in [9.17, 15) is 13.6 Å². The smallest absolute Gasteiger partial charge is 0.311 e. The van der Waals surface area contributed by atoms with Gasteiger partial charge in [-0.3, -0.25) is 9.78 Å². The van der Waals surface area contributed by atoms with E-state index in [1.807, 2.05) is 0 Å². The van der Waals surface area contributed by atoms with Gasteiger partial charge in [0.25, 0.3) is 6.43 Å². The first-order chi connectivity index (χ1) is 7.04. The lowest BCUT2D eigenvalue weighted by Crippen LogP contribution is -2.06. The molecule has 0 unspecified atom stereocenters. The molecular weight excluding hydrogens is 272 g/mol. The monoisotopic (exact) mass is 279 g/mol. The summed E-state index contributed by atoms with van der Waals surface area (Å²) in [5.74, 6) is -0.459. The third-order valence-corrected chi connectivity index (χ3v) is 2.41. The fourth-order valence-corrected chi connectivity index (χ4v) is 1.50. The Hall–Kier alpha value is -1.04. The molecule has 0 atom stereocenters. The molecule has 1 aromatic rings. The number of methoxy groups -OCH3 is 1. The second kappa shape index (κ2) is 5.16. The summed E-state index contributed by atoms with van der Waals surface area (Å²) in [5, 5.41) is 0. The largest absolute Gasteiger partial charge is 0.469 e. The zero-order chi connectivity index (χ0) is 11.4. The van der Waals surface area contributed by atoms with E-state index >= 15 is 0 Å². The molecule has 15 heavy (non-hydrogen) atoms. The lowest BCUT2D eigenvalue weighted by atomic mass is 10.2. The van der Waals surface area contributed by atoms with E-state index in [0.717, 1.165) is 6.20 Å². The van der Waals surface area contributed by atoms with Crippen LogP contribution in [0.15, 0.2) is 16.7 Å². The highest BCUT2D eigenvalue weighted by molar-refractivity contribution is 9.10. The van der Waals surface area contributed by atoms with Gasteiger partial charge in [0.05, 0.1) is 24.8 Å². The van der Waals surface area contributed by atoms with Crippen molar-refractivity contribution in [2.45, 2.75) is 12.8 Å². The molecule has 0 radical (unpaired) electrons. The first-order valence-electron chi connectivity index (χ1n) is 4.04.